The number of guanidine groups is 1. The van der Waals surface area contributed by atoms with E-state index in [2.05, 4.69) is 10.2 Å². The Balaban J connectivity index is 1.57. The molecule has 2 aliphatic rings. The fraction of sp³-hybridized carbons (Fsp3) is 0.423. The topological polar surface area (TPSA) is 113 Å². The van der Waals surface area contributed by atoms with Gasteiger partial charge in [-0.2, -0.15) is 0 Å². The van der Waals surface area contributed by atoms with Gasteiger partial charge in [-0.05, 0) is 55.8 Å². The van der Waals surface area contributed by atoms with Crippen molar-refractivity contribution < 1.29 is 28.9 Å². The van der Waals surface area contributed by atoms with E-state index in [9.17, 15) is 14.7 Å². The highest BCUT2D eigenvalue weighted by Gasteiger charge is 2.42. The molecule has 1 amide bonds. The van der Waals surface area contributed by atoms with Crippen molar-refractivity contribution in [1.82, 2.24) is 10.2 Å². The van der Waals surface area contributed by atoms with Crippen molar-refractivity contribution in [3.63, 3.8) is 0 Å². The molecule has 1 fully saturated rings. The molecule has 10 nitrogen and oxygen atoms in total. The highest BCUT2D eigenvalue weighted by Crippen LogP contribution is 2.36. The number of ether oxygens (including phenoxy) is 3. The van der Waals surface area contributed by atoms with Gasteiger partial charge in [-0.3, -0.25) is 14.9 Å². The molecule has 0 saturated carbocycles. The second kappa shape index (κ2) is 11.2. The third kappa shape index (κ3) is 5.32. The summed E-state index contributed by atoms with van der Waals surface area (Å²) < 4.78 is 15.9. The molecule has 0 aliphatic carbocycles. The number of esters is 1. The molecule has 2 aromatic rings. The monoisotopic (exact) mass is 496 g/mol. The van der Waals surface area contributed by atoms with Crippen LogP contribution in [0, 0.1) is 5.92 Å². The lowest BCUT2D eigenvalue weighted by atomic mass is 9.91. The minimum Gasteiger partial charge on any atom is -0.504 e. The third-order valence-electron chi connectivity index (χ3n) is 6.28. The third-order valence-corrected chi connectivity index (χ3v) is 6.28. The molecule has 0 unspecified atom stereocenters. The first-order valence-corrected chi connectivity index (χ1v) is 12.1. The number of phenols is 1. The van der Waals surface area contributed by atoms with Gasteiger partial charge in [0.25, 0.3) is 0 Å². The van der Waals surface area contributed by atoms with Gasteiger partial charge in [0, 0.05) is 31.9 Å². The number of piperazine rings is 1. The van der Waals surface area contributed by atoms with Crippen LogP contribution in [0.4, 0.5) is 5.69 Å². The van der Waals surface area contributed by atoms with Crippen LogP contribution in [0.1, 0.15) is 25.5 Å². The number of phenolic OH excluding ortho intramolecular Hbond substituents is 1. The number of nitrogens with one attached hydrogen (secondary N) is 1. The number of rotatable bonds is 7. The highest BCUT2D eigenvalue weighted by atomic mass is 16.5. The Labute approximate surface area is 210 Å². The van der Waals surface area contributed by atoms with Crippen molar-refractivity contribution in [1.29, 1.82) is 0 Å². The zero-order chi connectivity index (χ0) is 25.7. The number of methoxy groups -OCH3 is 1. The molecule has 0 aromatic heterocycles. The largest absolute Gasteiger partial charge is 0.504 e. The molecule has 36 heavy (non-hydrogen) atoms. The highest BCUT2D eigenvalue weighted by molar-refractivity contribution is 6.08. The molecule has 1 saturated heterocycles. The number of carbonyl (C=O) groups excluding carboxylic acids is 2. The van der Waals surface area contributed by atoms with Crippen molar-refractivity contribution in [2.75, 3.05) is 51.4 Å². The first kappa shape index (κ1) is 25.2. The molecule has 2 aromatic carbocycles. The molecular weight excluding hydrogens is 464 g/mol. The number of amides is 1. The van der Waals surface area contributed by atoms with Gasteiger partial charge < -0.3 is 29.1 Å². The zero-order valence-electron chi connectivity index (χ0n) is 20.8. The van der Waals surface area contributed by atoms with Crippen molar-refractivity contribution in [3.05, 3.63) is 48.0 Å². The summed E-state index contributed by atoms with van der Waals surface area (Å²) in [5.74, 6) is -0.772. The number of anilines is 1. The lowest BCUT2D eigenvalue weighted by molar-refractivity contribution is -0.153. The molecule has 2 heterocycles. The van der Waals surface area contributed by atoms with E-state index >= 15 is 0 Å². The van der Waals surface area contributed by atoms with Crippen LogP contribution < -0.4 is 19.7 Å². The Morgan fingerprint density at radius 2 is 1.75 bits per heavy atom. The number of nitrogens with zero attached hydrogens (tertiary/aromatic N) is 3. The molecule has 0 radical (unpaired) electrons. The maximum Gasteiger partial charge on any atom is 0.321 e. The van der Waals surface area contributed by atoms with Crippen molar-refractivity contribution in [3.8, 4) is 17.2 Å². The van der Waals surface area contributed by atoms with Crippen LogP contribution in [0.5, 0.6) is 17.2 Å². The predicted molar refractivity (Wildman–Crippen MR) is 134 cm³/mol. The molecule has 0 spiro atoms. The van der Waals surface area contributed by atoms with E-state index in [4.69, 9.17) is 19.2 Å². The Hall–Kier alpha value is -3.95. The van der Waals surface area contributed by atoms with Gasteiger partial charge in [-0.15, -0.1) is 0 Å². The van der Waals surface area contributed by atoms with Crippen LogP contribution in [0.2, 0.25) is 0 Å². The van der Waals surface area contributed by atoms with Gasteiger partial charge >= 0.3 is 5.97 Å². The normalized spacial score (nSPS) is 19.9. The minimum absolute atomic E-state index is 0.0209. The molecule has 10 heteroatoms. The van der Waals surface area contributed by atoms with Gasteiger partial charge in [0.2, 0.25) is 11.9 Å². The number of aliphatic imine (C=N–C) groups is 1. The SMILES string of the molecule is CCOC(=O)[C@H]1C(=O)NC(N2CCN(c3ccc(OC)cc3)CC2)=N[C@@H]1c1ccc(O)c(OCC)c1. The zero-order valence-corrected chi connectivity index (χ0v) is 20.8. The van der Waals surface area contributed by atoms with Crippen LogP contribution in [-0.4, -0.2) is 74.3 Å². The van der Waals surface area contributed by atoms with Crippen molar-refractivity contribution >= 4 is 23.5 Å². The van der Waals surface area contributed by atoms with Crippen molar-refractivity contribution in [2.24, 2.45) is 10.9 Å². The summed E-state index contributed by atoms with van der Waals surface area (Å²) in [5, 5.41) is 12.9. The number of benzene rings is 2. The van der Waals surface area contributed by atoms with Crippen molar-refractivity contribution in [2.45, 2.75) is 19.9 Å². The molecule has 2 aliphatic heterocycles. The fourth-order valence-electron chi connectivity index (χ4n) is 4.42. The maximum atomic E-state index is 13.1. The second-order valence-electron chi connectivity index (χ2n) is 8.45. The average molecular weight is 497 g/mol. The van der Waals surface area contributed by atoms with Gasteiger partial charge in [-0.1, -0.05) is 6.07 Å². The quantitative estimate of drug-likeness (QED) is 0.444. The van der Waals surface area contributed by atoms with E-state index < -0.39 is 23.8 Å². The van der Waals surface area contributed by atoms with Crippen LogP contribution in [-0.2, 0) is 14.3 Å². The minimum atomic E-state index is -1.15. The number of carbonyl (C=O) groups is 2. The lowest BCUT2D eigenvalue weighted by Crippen LogP contribution is -2.57. The Kier molecular flexibility index (Phi) is 7.82. The number of hydrogen-bond donors (Lipinski definition) is 2. The van der Waals surface area contributed by atoms with Crippen LogP contribution in [0.15, 0.2) is 47.5 Å². The molecule has 2 N–H and O–H groups in total. The summed E-state index contributed by atoms with van der Waals surface area (Å²) in [6.45, 7) is 6.77. The van der Waals surface area contributed by atoms with E-state index in [0.29, 0.717) is 31.2 Å². The number of aromatic hydroxyl groups is 1. The second-order valence-corrected chi connectivity index (χ2v) is 8.45. The van der Waals surface area contributed by atoms with E-state index in [1.807, 2.05) is 36.1 Å². The molecule has 192 valence electrons. The smallest absolute Gasteiger partial charge is 0.321 e. The Morgan fingerprint density at radius 1 is 1.06 bits per heavy atom. The summed E-state index contributed by atoms with van der Waals surface area (Å²) in [5.41, 5.74) is 1.68. The Morgan fingerprint density at radius 3 is 2.39 bits per heavy atom. The van der Waals surface area contributed by atoms with Gasteiger partial charge in [0.15, 0.2) is 17.4 Å². The molecular formula is C26H32N4O6. The summed E-state index contributed by atoms with van der Waals surface area (Å²) in [7, 11) is 1.64. The molecule has 2 atom stereocenters. The summed E-state index contributed by atoms with van der Waals surface area (Å²) in [6, 6.07) is 11.9. The van der Waals surface area contributed by atoms with Crippen LogP contribution >= 0.6 is 0 Å². The van der Waals surface area contributed by atoms with E-state index in [1.165, 1.54) is 6.07 Å². The standard InChI is InChI=1S/C26H32N4O6/c1-4-35-21-16-17(6-11-20(21)31)23-22(25(33)36-5-2)24(32)28-26(27-23)30-14-12-29(13-15-30)18-7-9-19(34-3)10-8-18/h6-11,16,22-23,31H,4-5,12-15H2,1-3H3,(H,27,28,32)/t22-,23-/m1/s1. The summed E-state index contributed by atoms with van der Waals surface area (Å²) >= 11 is 0. The van der Waals surface area contributed by atoms with Crippen LogP contribution in [0.3, 0.4) is 0 Å². The van der Waals surface area contributed by atoms with E-state index in [-0.39, 0.29) is 18.1 Å². The predicted octanol–water partition coefficient (Wildman–Crippen LogP) is 2.33. The fourth-order valence-corrected chi connectivity index (χ4v) is 4.42. The lowest BCUT2D eigenvalue weighted by Gasteiger charge is -2.39. The Bertz CT molecular complexity index is 1110. The van der Waals surface area contributed by atoms with Crippen LogP contribution in [0.25, 0.3) is 0 Å². The van der Waals surface area contributed by atoms with Gasteiger partial charge in [-0.25, -0.2) is 4.99 Å². The summed E-state index contributed by atoms with van der Waals surface area (Å²) in [6.07, 6.45) is 0. The molecule has 4 rings (SSSR count). The maximum absolute atomic E-state index is 13.1. The average Bonchev–Trinajstić information content (AvgIpc) is 2.90. The van der Waals surface area contributed by atoms with Gasteiger partial charge in [0.1, 0.15) is 11.8 Å². The molecule has 0 bridgehead atoms. The van der Waals surface area contributed by atoms with E-state index in [1.54, 1.807) is 26.2 Å². The first-order chi connectivity index (χ1) is 17.4. The first-order valence-electron chi connectivity index (χ1n) is 12.1. The van der Waals surface area contributed by atoms with E-state index in [0.717, 1.165) is 24.5 Å². The summed E-state index contributed by atoms with van der Waals surface area (Å²) in [4.78, 5) is 35.0. The number of hydrogen-bond acceptors (Lipinski definition) is 9. The van der Waals surface area contributed by atoms with Gasteiger partial charge in [0.05, 0.1) is 20.3 Å².